The number of carbonyl (C=O) groups is 2. The van der Waals surface area contributed by atoms with Gasteiger partial charge in [0.25, 0.3) is 0 Å². The van der Waals surface area contributed by atoms with Gasteiger partial charge in [-0.25, -0.2) is 0 Å². The smallest absolute Gasteiger partial charge is 0.332 e. The molecule has 0 heterocycles. The van der Waals surface area contributed by atoms with Crippen molar-refractivity contribution in [3.05, 3.63) is 0 Å². The first-order valence-electron chi connectivity index (χ1n) is 4.29. The Balaban J connectivity index is 5.01. The Morgan fingerprint density at radius 2 is 1.64 bits per heavy atom. The quantitative estimate of drug-likeness (QED) is 0.657. The molecule has 0 radical (unpaired) electrons. The molecule has 0 aliphatic heterocycles. The lowest BCUT2D eigenvalue weighted by molar-refractivity contribution is -0.117. The molecule has 0 aromatic heterocycles. The van der Waals surface area contributed by atoms with Crippen molar-refractivity contribution in [1.82, 2.24) is 0 Å². The van der Waals surface area contributed by atoms with Crippen molar-refractivity contribution in [3.63, 3.8) is 0 Å². The van der Waals surface area contributed by atoms with Crippen LogP contribution in [0.5, 0.6) is 0 Å². The van der Waals surface area contributed by atoms with Crippen molar-refractivity contribution in [2.75, 3.05) is 0 Å². The maximum atomic E-state index is 11.3. The zero-order valence-electron chi connectivity index (χ0n) is 9.17. The van der Waals surface area contributed by atoms with Crippen molar-refractivity contribution in [3.8, 4) is 6.07 Å². The Labute approximate surface area is 85.0 Å². The van der Waals surface area contributed by atoms with Crippen LogP contribution in [0.3, 0.4) is 0 Å². The first-order valence-corrected chi connectivity index (χ1v) is 6.70. The van der Waals surface area contributed by atoms with Gasteiger partial charge in [-0.3, -0.25) is 0 Å². The van der Waals surface area contributed by atoms with E-state index in [1.54, 1.807) is 13.8 Å². The molecule has 0 aliphatic carbocycles. The fourth-order valence-corrected chi connectivity index (χ4v) is 2.77. The third-order valence-corrected chi connectivity index (χ3v) is 5.68. The van der Waals surface area contributed by atoms with Crippen molar-refractivity contribution >= 4 is 19.1 Å². The predicted octanol–water partition coefficient (Wildman–Crippen LogP) is 1.14. The second-order valence-electron chi connectivity index (χ2n) is 3.87. The summed E-state index contributed by atoms with van der Waals surface area (Å²) in [5.74, 6) is 0. The highest BCUT2D eigenvalue weighted by molar-refractivity contribution is 7.20. The topological polar surface area (TPSA) is 67.2 Å². The van der Waals surface area contributed by atoms with E-state index in [1.165, 1.54) is 20.4 Å². The van der Waals surface area contributed by atoms with Crippen LogP contribution in [0.25, 0.3) is 0 Å². The predicted molar refractivity (Wildman–Crippen MR) is 53.8 cm³/mol. The molecule has 0 N–H and O–H groups in total. The first kappa shape index (κ1) is 13.0. The summed E-state index contributed by atoms with van der Waals surface area (Å²) in [6, 6.07) is 1.91. The number of carbonyl (C=O) groups excluding carboxylic acids is 2. The molecule has 0 aliphatic rings. The van der Waals surface area contributed by atoms with Crippen LogP contribution in [-0.2, 0) is 14.0 Å². The van der Waals surface area contributed by atoms with Gasteiger partial charge in [0, 0.05) is 0 Å². The van der Waals surface area contributed by atoms with Gasteiger partial charge in [-0.2, -0.15) is 5.26 Å². The average Bonchev–Trinajstić information content (AvgIpc) is 2.03. The van der Waals surface area contributed by atoms with Crippen LogP contribution in [0.4, 0.5) is 0 Å². The molecule has 0 unspecified atom stereocenters. The number of hydrogen-bond donors (Lipinski definition) is 0. The van der Waals surface area contributed by atoms with E-state index in [-0.39, 0.29) is 10.8 Å². The van der Waals surface area contributed by atoms with Crippen molar-refractivity contribution in [2.45, 2.75) is 39.8 Å². The minimum Gasteiger partial charge on any atom is -0.386 e. The summed E-state index contributed by atoms with van der Waals surface area (Å²) >= 11 is 0. The monoisotopic (exact) mass is 213 g/mol. The lowest BCUT2D eigenvalue weighted by atomic mass is 10.2. The average molecular weight is 213 g/mol. The third kappa shape index (κ3) is 2.75. The fraction of sp³-hybridized carbons (Fsp3) is 0.667. The Kier molecular flexibility index (Phi) is 3.74. The van der Waals surface area contributed by atoms with E-state index in [9.17, 15) is 9.59 Å². The van der Waals surface area contributed by atoms with E-state index < -0.39 is 13.9 Å². The summed E-state index contributed by atoms with van der Waals surface area (Å²) in [6.07, 6.45) is 0. The minimum atomic E-state index is -3.06. The second-order valence-corrected chi connectivity index (χ2v) is 7.55. The Hall–Kier alpha value is -0.993. The molecule has 5 heteroatoms. The van der Waals surface area contributed by atoms with Crippen LogP contribution >= 0.6 is 0 Å². The van der Waals surface area contributed by atoms with Gasteiger partial charge in [0.15, 0.2) is 0 Å². The van der Waals surface area contributed by atoms with E-state index in [0.29, 0.717) is 0 Å². The van der Waals surface area contributed by atoms with E-state index in [4.69, 9.17) is 9.69 Å². The Morgan fingerprint density at radius 3 is 1.86 bits per heavy atom. The number of rotatable bonds is 4. The summed E-state index contributed by atoms with van der Waals surface area (Å²) < 4.78 is 5.38. The molecule has 0 amide bonds. The van der Waals surface area contributed by atoms with Crippen LogP contribution in [0.2, 0.25) is 6.55 Å². The number of hydrogen-bond acceptors (Lipinski definition) is 4. The summed E-state index contributed by atoms with van der Waals surface area (Å²) in [6.45, 7) is 7.28. The maximum Gasteiger partial charge on any atom is 0.332 e. The minimum absolute atomic E-state index is 0.256. The van der Waals surface area contributed by atoms with Crippen LogP contribution in [0.15, 0.2) is 0 Å². The van der Waals surface area contributed by atoms with Crippen LogP contribution in [-0.4, -0.2) is 24.7 Å². The summed E-state index contributed by atoms with van der Waals surface area (Å²) in [5.41, 5.74) is -1.09. The van der Waals surface area contributed by atoms with Gasteiger partial charge in [0.05, 0.1) is 6.07 Å². The molecular formula is C9H15NO3Si. The largest absolute Gasteiger partial charge is 0.386 e. The lowest BCUT2D eigenvalue weighted by Crippen LogP contribution is -2.54. The first-order chi connectivity index (χ1) is 6.15. The van der Waals surface area contributed by atoms with Gasteiger partial charge in [-0.15, -0.1) is 0 Å². The fourth-order valence-electron chi connectivity index (χ4n) is 0.925. The summed E-state index contributed by atoms with van der Waals surface area (Å²) in [7, 11) is -3.06. The normalized spacial score (nSPS) is 12.0. The Morgan fingerprint density at radius 1 is 1.29 bits per heavy atom. The van der Waals surface area contributed by atoms with Crippen molar-refractivity contribution in [2.24, 2.45) is 0 Å². The standard InChI is InChI=1S/C9H15NO3Si/c1-7(11)14(5,8(2)12)13-9(3,4)6-10/h1-5H3. The highest BCUT2D eigenvalue weighted by atomic mass is 28.4. The molecule has 0 saturated heterocycles. The van der Waals surface area contributed by atoms with E-state index >= 15 is 0 Å². The highest BCUT2D eigenvalue weighted by Crippen LogP contribution is 2.18. The van der Waals surface area contributed by atoms with E-state index in [2.05, 4.69) is 0 Å². The molecule has 0 fully saturated rings. The molecule has 14 heavy (non-hydrogen) atoms. The zero-order chi connectivity index (χ0) is 11.6. The van der Waals surface area contributed by atoms with Crippen LogP contribution in [0, 0.1) is 11.3 Å². The third-order valence-electron chi connectivity index (χ3n) is 2.07. The molecule has 4 nitrogen and oxygen atoms in total. The van der Waals surface area contributed by atoms with Crippen LogP contribution in [0.1, 0.15) is 27.7 Å². The maximum absolute atomic E-state index is 11.3. The second kappa shape index (κ2) is 4.03. The molecule has 78 valence electrons. The van der Waals surface area contributed by atoms with E-state index in [1.807, 2.05) is 6.07 Å². The van der Waals surface area contributed by atoms with Crippen LogP contribution < -0.4 is 0 Å². The van der Waals surface area contributed by atoms with Gasteiger partial charge in [0.2, 0.25) is 0 Å². The SMILES string of the molecule is CC(=O)[Si](C)(OC(C)(C)C#N)C(C)=O. The molecule has 0 aromatic rings. The van der Waals surface area contributed by atoms with Gasteiger partial charge in [-0.1, -0.05) is 0 Å². The van der Waals surface area contributed by atoms with Gasteiger partial charge < -0.3 is 14.0 Å². The van der Waals surface area contributed by atoms with Gasteiger partial charge in [0.1, 0.15) is 16.4 Å². The molecule has 0 saturated carbocycles. The molecule has 0 bridgehead atoms. The molecule has 0 atom stereocenters. The Bertz CT molecular complexity index is 290. The van der Waals surface area contributed by atoms with Crippen molar-refractivity contribution < 1.29 is 14.0 Å². The number of nitriles is 1. The van der Waals surface area contributed by atoms with Gasteiger partial charge in [-0.05, 0) is 34.2 Å². The molecule has 0 spiro atoms. The number of nitrogens with zero attached hydrogens (tertiary/aromatic N) is 1. The van der Waals surface area contributed by atoms with Gasteiger partial charge >= 0.3 is 8.32 Å². The molecule has 0 rings (SSSR count). The van der Waals surface area contributed by atoms with E-state index in [0.717, 1.165) is 0 Å². The van der Waals surface area contributed by atoms with Crippen molar-refractivity contribution in [1.29, 1.82) is 5.26 Å². The summed E-state index contributed by atoms with van der Waals surface area (Å²) in [4.78, 5) is 22.6. The molecule has 0 aromatic carbocycles. The highest BCUT2D eigenvalue weighted by Gasteiger charge is 2.45. The zero-order valence-corrected chi connectivity index (χ0v) is 10.2. The lowest BCUT2D eigenvalue weighted by Gasteiger charge is -2.28. The molecular weight excluding hydrogens is 198 g/mol. The summed E-state index contributed by atoms with van der Waals surface area (Å²) in [5, 5.41) is 8.23.